The fourth-order valence-corrected chi connectivity index (χ4v) is 2.76. The largest absolute Gasteiger partial charge is 0.148 e. The van der Waals surface area contributed by atoms with Gasteiger partial charge in [-0.1, -0.05) is 56.3 Å². The zero-order valence-corrected chi connectivity index (χ0v) is 9.50. The van der Waals surface area contributed by atoms with Crippen LogP contribution in [0, 0.1) is 5.92 Å². The molecule has 0 spiro atoms. The summed E-state index contributed by atoms with van der Waals surface area (Å²) in [5, 5.41) is 1.62. The molecule has 2 atom stereocenters. The van der Waals surface area contributed by atoms with Crippen LogP contribution in [0.2, 0.25) is 0 Å². The summed E-state index contributed by atoms with van der Waals surface area (Å²) >= 11 is 2.08. The summed E-state index contributed by atoms with van der Waals surface area (Å²) in [5.41, 5.74) is 1.31. The zero-order chi connectivity index (χ0) is 9.97. The number of rotatable bonds is 3. The quantitative estimate of drug-likeness (QED) is 0.674. The highest BCUT2D eigenvalue weighted by atomic mass is 32.2. The van der Waals surface area contributed by atoms with Gasteiger partial charge in [0.05, 0.1) is 0 Å². The first-order valence-corrected chi connectivity index (χ1v) is 6.10. The van der Waals surface area contributed by atoms with Gasteiger partial charge in [-0.25, -0.2) is 0 Å². The molecule has 1 heterocycles. The molecule has 0 radical (unpaired) electrons. The Bertz CT molecular complexity index is 313. The molecule has 1 aromatic rings. The Kier molecular flexibility index (Phi) is 2.97. The van der Waals surface area contributed by atoms with Gasteiger partial charge >= 0.3 is 0 Å². The van der Waals surface area contributed by atoms with Crippen molar-refractivity contribution in [2.24, 2.45) is 5.92 Å². The Morgan fingerprint density at radius 2 is 1.93 bits per heavy atom. The van der Waals surface area contributed by atoms with Gasteiger partial charge in [-0.3, -0.25) is 0 Å². The summed E-state index contributed by atoms with van der Waals surface area (Å²) in [7, 11) is 0. The van der Waals surface area contributed by atoms with Crippen molar-refractivity contribution in [3.63, 3.8) is 0 Å². The Balaban J connectivity index is 1.91. The molecule has 1 aromatic carbocycles. The van der Waals surface area contributed by atoms with E-state index in [1.54, 1.807) is 0 Å². The summed E-state index contributed by atoms with van der Waals surface area (Å²) in [6.45, 7) is 4.60. The minimum atomic E-state index is 0.759. The smallest absolute Gasteiger partial charge is 0.0355 e. The van der Waals surface area contributed by atoms with E-state index in [1.165, 1.54) is 5.56 Å². The van der Waals surface area contributed by atoms with Crippen LogP contribution < -0.4 is 0 Å². The minimum Gasteiger partial charge on any atom is -0.148 e. The topological polar surface area (TPSA) is 0 Å². The zero-order valence-electron chi connectivity index (χ0n) is 8.68. The van der Waals surface area contributed by atoms with Crippen LogP contribution >= 0.6 is 11.8 Å². The van der Waals surface area contributed by atoms with Gasteiger partial charge in [-0.15, -0.1) is 11.8 Å². The third kappa shape index (κ3) is 2.42. The lowest BCUT2D eigenvalue weighted by atomic mass is 10.1. The third-order valence-corrected chi connectivity index (χ3v) is 4.10. The van der Waals surface area contributed by atoms with Gasteiger partial charge in [0, 0.05) is 10.5 Å². The summed E-state index contributed by atoms with van der Waals surface area (Å²) in [5.74, 6) is 0.811. The average molecular weight is 204 g/mol. The van der Waals surface area contributed by atoms with Gasteiger partial charge in [-0.05, 0) is 11.5 Å². The molecular weight excluding hydrogens is 188 g/mol. The predicted molar refractivity (Wildman–Crippen MR) is 65.5 cm³/mol. The molecule has 1 heteroatoms. The molecular formula is C13H16S. The summed E-state index contributed by atoms with van der Waals surface area (Å²) in [4.78, 5) is 0. The van der Waals surface area contributed by atoms with E-state index < -0.39 is 0 Å². The van der Waals surface area contributed by atoms with E-state index >= 15 is 0 Å². The van der Waals surface area contributed by atoms with Gasteiger partial charge < -0.3 is 0 Å². The van der Waals surface area contributed by atoms with Crippen LogP contribution in [-0.2, 0) is 0 Å². The molecule has 1 aliphatic rings. The highest BCUT2D eigenvalue weighted by Gasteiger charge is 2.37. The monoisotopic (exact) mass is 204 g/mol. The van der Waals surface area contributed by atoms with Gasteiger partial charge in [0.15, 0.2) is 0 Å². The van der Waals surface area contributed by atoms with Crippen molar-refractivity contribution < 1.29 is 0 Å². The van der Waals surface area contributed by atoms with Crippen LogP contribution in [0.3, 0.4) is 0 Å². The lowest BCUT2D eigenvalue weighted by Gasteiger charge is -1.96. The molecule has 0 nitrogen and oxygen atoms in total. The van der Waals surface area contributed by atoms with Crippen LogP contribution in [-0.4, -0.2) is 10.5 Å². The van der Waals surface area contributed by atoms with Crippen molar-refractivity contribution >= 4 is 17.8 Å². The summed E-state index contributed by atoms with van der Waals surface area (Å²) < 4.78 is 0. The third-order valence-electron chi connectivity index (χ3n) is 2.50. The van der Waals surface area contributed by atoms with E-state index in [1.807, 2.05) is 0 Å². The fourth-order valence-electron chi connectivity index (χ4n) is 1.60. The van der Waals surface area contributed by atoms with Crippen LogP contribution in [0.5, 0.6) is 0 Å². The van der Waals surface area contributed by atoms with Crippen molar-refractivity contribution in [2.45, 2.75) is 24.3 Å². The first kappa shape index (κ1) is 9.85. The van der Waals surface area contributed by atoms with Gasteiger partial charge in [-0.2, -0.15) is 0 Å². The van der Waals surface area contributed by atoms with Gasteiger partial charge in [0.1, 0.15) is 0 Å². The van der Waals surface area contributed by atoms with Gasteiger partial charge in [0.2, 0.25) is 0 Å². The molecule has 1 aliphatic heterocycles. The summed E-state index contributed by atoms with van der Waals surface area (Å²) in [6, 6.07) is 10.5. The first-order chi connectivity index (χ1) is 6.77. The second-order valence-corrected chi connectivity index (χ2v) is 5.44. The lowest BCUT2D eigenvalue weighted by Crippen LogP contribution is -1.99. The SMILES string of the molecule is CC(C)[C@@H]1S[C@@H]1/C=C\c1ccccc1. The molecule has 1 fully saturated rings. The number of benzene rings is 1. The fraction of sp³-hybridized carbons (Fsp3) is 0.385. The maximum absolute atomic E-state index is 2.34. The van der Waals surface area contributed by atoms with Gasteiger partial charge in [0.25, 0.3) is 0 Å². The van der Waals surface area contributed by atoms with Crippen LogP contribution in [0.4, 0.5) is 0 Å². The second kappa shape index (κ2) is 4.22. The van der Waals surface area contributed by atoms with E-state index in [2.05, 4.69) is 68.1 Å². The maximum Gasteiger partial charge on any atom is 0.0355 e. The van der Waals surface area contributed by atoms with E-state index in [0.717, 1.165) is 16.4 Å². The van der Waals surface area contributed by atoms with Crippen molar-refractivity contribution in [3.8, 4) is 0 Å². The van der Waals surface area contributed by atoms with Crippen LogP contribution in [0.15, 0.2) is 36.4 Å². The number of thioether (sulfide) groups is 1. The molecule has 0 unspecified atom stereocenters. The molecule has 2 rings (SSSR count). The molecule has 1 saturated heterocycles. The molecule has 0 saturated carbocycles. The highest BCUT2D eigenvalue weighted by Crippen LogP contribution is 2.47. The second-order valence-electron chi connectivity index (χ2n) is 4.08. The van der Waals surface area contributed by atoms with E-state index in [0.29, 0.717) is 0 Å². The summed E-state index contributed by atoms with van der Waals surface area (Å²) in [6.07, 6.45) is 4.57. The highest BCUT2D eigenvalue weighted by molar-refractivity contribution is 8.07. The minimum absolute atomic E-state index is 0.759. The molecule has 0 aromatic heterocycles. The van der Waals surface area contributed by atoms with E-state index in [9.17, 15) is 0 Å². The molecule has 14 heavy (non-hydrogen) atoms. The molecule has 74 valence electrons. The standard InChI is InChI=1S/C13H16S/c1-10(2)13-12(14-13)9-8-11-6-4-3-5-7-11/h3-10,12-13H,1-2H3/b9-8-/t12-,13+/m1/s1. The Labute approximate surface area is 90.4 Å². The Morgan fingerprint density at radius 1 is 1.21 bits per heavy atom. The van der Waals surface area contributed by atoms with E-state index in [4.69, 9.17) is 0 Å². The van der Waals surface area contributed by atoms with Crippen molar-refractivity contribution in [1.29, 1.82) is 0 Å². The average Bonchev–Trinajstić information content (AvgIpc) is 2.96. The Hall–Kier alpha value is -0.690. The molecule has 0 N–H and O–H groups in total. The lowest BCUT2D eigenvalue weighted by molar-refractivity contribution is 0.661. The first-order valence-electron chi connectivity index (χ1n) is 5.16. The molecule has 0 amide bonds. The normalized spacial score (nSPS) is 25.9. The van der Waals surface area contributed by atoms with Crippen LogP contribution in [0.25, 0.3) is 6.08 Å². The van der Waals surface area contributed by atoms with Crippen molar-refractivity contribution in [1.82, 2.24) is 0 Å². The van der Waals surface area contributed by atoms with Crippen LogP contribution in [0.1, 0.15) is 19.4 Å². The predicted octanol–water partition coefficient (Wildman–Crippen LogP) is 3.84. The number of hydrogen-bond donors (Lipinski definition) is 0. The van der Waals surface area contributed by atoms with E-state index in [-0.39, 0.29) is 0 Å². The van der Waals surface area contributed by atoms with Crippen molar-refractivity contribution in [2.75, 3.05) is 0 Å². The molecule has 0 bridgehead atoms. The maximum atomic E-state index is 2.34. The number of hydrogen-bond acceptors (Lipinski definition) is 1. The Morgan fingerprint density at radius 3 is 2.50 bits per heavy atom. The van der Waals surface area contributed by atoms with Crippen molar-refractivity contribution in [3.05, 3.63) is 42.0 Å². The molecule has 0 aliphatic carbocycles.